The van der Waals surface area contributed by atoms with E-state index in [2.05, 4.69) is 9.69 Å². The van der Waals surface area contributed by atoms with Crippen LogP contribution in [-0.4, -0.2) is 41.2 Å². The molecule has 0 aliphatic carbocycles. The van der Waals surface area contributed by atoms with Crippen LogP contribution in [0.1, 0.15) is 44.6 Å². The third kappa shape index (κ3) is 5.23. The molecule has 34 heavy (non-hydrogen) atoms. The maximum atomic E-state index is 13.7. The number of carbonyl (C=O) groups excluding carboxylic acids is 4. The molecule has 3 amide bonds. The lowest BCUT2D eigenvalue weighted by molar-refractivity contribution is -0.143. The molecule has 5 N–H and O–H groups in total. The van der Waals surface area contributed by atoms with Gasteiger partial charge in [0.25, 0.3) is 17.7 Å². The highest BCUT2D eigenvalue weighted by atomic mass is 32.1. The molecule has 0 bridgehead atoms. The topological polar surface area (TPSA) is 171 Å². The quantitative estimate of drug-likeness (QED) is 0.385. The number of furan rings is 1. The molecule has 11 nitrogen and oxygen atoms in total. The summed E-state index contributed by atoms with van der Waals surface area (Å²) in [5.74, 6) is -2.27. The van der Waals surface area contributed by atoms with Crippen LogP contribution in [0.3, 0.4) is 0 Å². The summed E-state index contributed by atoms with van der Waals surface area (Å²) in [5.41, 5.74) is 11.2. The zero-order chi connectivity index (χ0) is 24.8. The first-order valence-electron chi connectivity index (χ1n) is 10.2. The van der Waals surface area contributed by atoms with Crippen LogP contribution in [0.5, 0.6) is 0 Å². The van der Waals surface area contributed by atoms with E-state index in [-0.39, 0.29) is 28.6 Å². The number of nitrogen functional groups attached to an aromatic ring is 1. The number of carbonyl (C=O) groups is 4. The molecule has 178 valence electrons. The molecule has 3 rings (SSSR count). The van der Waals surface area contributed by atoms with Gasteiger partial charge in [0, 0.05) is 5.69 Å². The molecule has 0 aliphatic heterocycles. The Kier molecular flexibility index (Phi) is 7.64. The summed E-state index contributed by atoms with van der Waals surface area (Å²) in [6.07, 6.45) is 0. The van der Waals surface area contributed by atoms with E-state index in [4.69, 9.17) is 20.6 Å². The molecule has 0 saturated carbocycles. The number of nitrogens with two attached hydrogens (primary N) is 2. The minimum absolute atomic E-state index is 0.0795. The Labute approximate surface area is 198 Å². The van der Waals surface area contributed by atoms with Crippen molar-refractivity contribution in [3.8, 4) is 0 Å². The fourth-order valence-corrected chi connectivity index (χ4v) is 3.90. The average molecular weight is 486 g/mol. The van der Waals surface area contributed by atoms with E-state index in [1.807, 2.05) is 0 Å². The molecule has 0 aliphatic rings. The van der Waals surface area contributed by atoms with Crippen molar-refractivity contribution in [2.75, 3.05) is 23.8 Å². The highest BCUT2D eigenvalue weighted by Gasteiger charge is 2.38. The molecular weight excluding hydrogens is 462 g/mol. The molecule has 1 unspecified atom stereocenters. The van der Waals surface area contributed by atoms with Crippen molar-refractivity contribution in [1.29, 1.82) is 0 Å². The number of aryl methyl sites for hydroxylation is 1. The van der Waals surface area contributed by atoms with Gasteiger partial charge in [-0.15, -0.1) is 0 Å². The molecule has 0 radical (unpaired) electrons. The number of esters is 1. The van der Waals surface area contributed by atoms with Gasteiger partial charge in [0.15, 0.2) is 11.7 Å². The number of para-hydroxylation sites is 1. The van der Waals surface area contributed by atoms with E-state index in [1.54, 1.807) is 56.3 Å². The molecule has 3 aromatic rings. The molecule has 1 atom stereocenters. The Bertz CT molecular complexity index is 1210. The molecule has 12 heteroatoms. The minimum Gasteiger partial charge on any atom is -0.465 e. The third-order valence-electron chi connectivity index (χ3n) is 4.66. The van der Waals surface area contributed by atoms with Crippen molar-refractivity contribution in [1.82, 2.24) is 9.69 Å². The normalized spacial score (nSPS) is 11.5. The maximum absolute atomic E-state index is 13.7. The number of rotatable bonds is 9. The van der Waals surface area contributed by atoms with E-state index in [0.29, 0.717) is 23.0 Å². The molecule has 0 fully saturated rings. The van der Waals surface area contributed by atoms with Crippen LogP contribution in [0, 0.1) is 6.92 Å². The standard InChI is InChI=1S/C22H23N5O6S/c1-3-32-15(28)11-25-21(30)18(14-10-9-12(2)33-14)27(13-7-5-4-6-8-13)22(31)19-16(23)17(20(24)29)26-34-19/h4-10,18H,3,11,23H2,1-2H3,(H2,24,29)(H,25,30). The van der Waals surface area contributed by atoms with Gasteiger partial charge in [-0.1, -0.05) is 18.2 Å². The first-order chi connectivity index (χ1) is 16.2. The molecular formula is C22H23N5O6S. The Hall–Kier alpha value is -4.19. The minimum atomic E-state index is -1.32. The largest absolute Gasteiger partial charge is 0.465 e. The van der Waals surface area contributed by atoms with Gasteiger partial charge in [-0.3, -0.25) is 24.1 Å². The van der Waals surface area contributed by atoms with E-state index in [1.165, 1.54) is 0 Å². The first-order valence-corrected chi connectivity index (χ1v) is 10.9. The van der Waals surface area contributed by atoms with Crippen molar-refractivity contribution >= 4 is 46.6 Å². The van der Waals surface area contributed by atoms with Gasteiger partial charge in [-0.05, 0) is 49.6 Å². The van der Waals surface area contributed by atoms with Gasteiger partial charge in [-0.25, -0.2) is 0 Å². The lowest BCUT2D eigenvalue weighted by Gasteiger charge is -2.29. The predicted molar refractivity (Wildman–Crippen MR) is 124 cm³/mol. The molecule has 0 saturated heterocycles. The molecule has 2 heterocycles. The van der Waals surface area contributed by atoms with Gasteiger partial charge in [-0.2, -0.15) is 4.37 Å². The summed E-state index contributed by atoms with van der Waals surface area (Å²) in [5, 5.41) is 2.48. The summed E-state index contributed by atoms with van der Waals surface area (Å²) in [7, 11) is 0. The predicted octanol–water partition coefficient (Wildman–Crippen LogP) is 1.79. The number of ether oxygens (including phenoxy) is 1. The lowest BCUT2D eigenvalue weighted by atomic mass is 10.1. The van der Waals surface area contributed by atoms with E-state index < -0.39 is 36.3 Å². The van der Waals surface area contributed by atoms with Crippen molar-refractivity contribution < 1.29 is 28.3 Å². The van der Waals surface area contributed by atoms with Gasteiger partial charge in [0.2, 0.25) is 0 Å². The number of nitrogens with one attached hydrogen (secondary N) is 1. The third-order valence-corrected chi connectivity index (χ3v) is 5.51. The van der Waals surface area contributed by atoms with Crippen molar-refractivity contribution in [3.63, 3.8) is 0 Å². The molecule has 1 aromatic carbocycles. The van der Waals surface area contributed by atoms with Gasteiger partial charge in [0.05, 0.1) is 12.3 Å². The second kappa shape index (κ2) is 10.6. The van der Waals surface area contributed by atoms with Gasteiger partial charge in [0.1, 0.15) is 22.9 Å². The fraction of sp³-hybridized carbons (Fsp3) is 0.227. The van der Waals surface area contributed by atoms with E-state index >= 15 is 0 Å². The van der Waals surface area contributed by atoms with Crippen LogP contribution < -0.4 is 21.7 Å². The number of aromatic nitrogens is 1. The summed E-state index contributed by atoms with van der Waals surface area (Å²) in [6.45, 7) is 3.07. The average Bonchev–Trinajstić information content (AvgIpc) is 3.41. The fourth-order valence-electron chi connectivity index (χ4n) is 3.15. The van der Waals surface area contributed by atoms with Crippen LogP contribution in [0.2, 0.25) is 0 Å². The van der Waals surface area contributed by atoms with Crippen LogP contribution in [-0.2, 0) is 14.3 Å². The Morgan fingerprint density at radius 2 is 1.88 bits per heavy atom. The highest BCUT2D eigenvalue weighted by molar-refractivity contribution is 7.09. The van der Waals surface area contributed by atoms with Crippen molar-refractivity contribution in [2.24, 2.45) is 5.73 Å². The number of nitrogens with zero attached hydrogens (tertiary/aromatic N) is 2. The number of primary amides is 1. The zero-order valence-electron chi connectivity index (χ0n) is 18.4. The Balaban J connectivity index is 2.09. The van der Waals surface area contributed by atoms with Crippen molar-refractivity contribution in [2.45, 2.75) is 19.9 Å². The summed E-state index contributed by atoms with van der Waals surface area (Å²) in [6, 6.07) is 10.2. The smallest absolute Gasteiger partial charge is 0.325 e. The van der Waals surface area contributed by atoms with Gasteiger partial charge >= 0.3 is 5.97 Å². The second-order valence-corrected chi connectivity index (χ2v) is 7.80. The zero-order valence-corrected chi connectivity index (χ0v) is 19.3. The van der Waals surface area contributed by atoms with Crippen LogP contribution in [0.4, 0.5) is 11.4 Å². The number of hydrogen-bond acceptors (Lipinski definition) is 9. The summed E-state index contributed by atoms with van der Waals surface area (Å²) >= 11 is 0.686. The Morgan fingerprint density at radius 3 is 2.44 bits per heavy atom. The molecule has 0 spiro atoms. The highest BCUT2D eigenvalue weighted by Crippen LogP contribution is 2.33. The Morgan fingerprint density at radius 1 is 1.18 bits per heavy atom. The molecule has 2 aromatic heterocycles. The summed E-state index contributed by atoms with van der Waals surface area (Å²) < 4.78 is 14.4. The van der Waals surface area contributed by atoms with E-state index in [9.17, 15) is 19.2 Å². The van der Waals surface area contributed by atoms with Crippen LogP contribution >= 0.6 is 11.5 Å². The number of amides is 3. The van der Waals surface area contributed by atoms with E-state index in [0.717, 1.165) is 4.90 Å². The SMILES string of the molecule is CCOC(=O)CNC(=O)C(c1ccc(C)o1)N(C(=O)c1snc(C(N)=O)c1N)c1ccccc1. The number of benzene rings is 1. The second-order valence-electron chi connectivity index (χ2n) is 7.02. The monoisotopic (exact) mass is 485 g/mol. The number of anilines is 2. The van der Waals surface area contributed by atoms with Crippen LogP contribution in [0.15, 0.2) is 46.9 Å². The number of hydrogen-bond donors (Lipinski definition) is 3. The lowest BCUT2D eigenvalue weighted by Crippen LogP contribution is -2.45. The maximum Gasteiger partial charge on any atom is 0.325 e. The van der Waals surface area contributed by atoms with Gasteiger partial charge < -0.3 is 25.9 Å². The summed E-state index contributed by atoms with van der Waals surface area (Å²) in [4.78, 5) is 51.5. The van der Waals surface area contributed by atoms with Crippen LogP contribution in [0.25, 0.3) is 0 Å². The van der Waals surface area contributed by atoms with Crippen molar-refractivity contribution in [3.05, 3.63) is 64.6 Å². The first kappa shape index (κ1) is 24.5.